The van der Waals surface area contributed by atoms with Gasteiger partial charge in [-0.15, -0.1) is 11.6 Å². The van der Waals surface area contributed by atoms with Crippen LogP contribution in [-0.2, 0) is 19.6 Å². The van der Waals surface area contributed by atoms with E-state index in [2.05, 4.69) is 4.74 Å². The normalized spacial score (nSPS) is 23.6. The lowest BCUT2D eigenvalue weighted by molar-refractivity contribution is -0.146. The molecule has 2 atom stereocenters. The van der Waals surface area contributed by atoms with Crippen molar-refractivity contribution < 1.29 is 17.9 Å². The van der Waals surface area contributed by atoms with Crippen molar-refractivity contribution in [1.29, 1.82) is 0 Å². The van der Waals surface area contributed by atoms with Gasteiger partial charge in [0.15, 0.2) is 0 Å². The quantitative estimate of drug-likeness (QED) is 0.565. The monoisotopic (exact) mass is 297 g/mol. The van der Waals surface area contributed by atoms with Gasteiger partial charge in [0, 0.05) is 12.4 Å². The van der Waals surface area contributed by atoms with E-state index in [9.17, 15) is 13.2 Å². The van der Waals surface area contributed by atoms with Crippen LogP contribution in [0.15, 0.2) is 0 Å². The second-order valence-corrected chi connectivity index (χ2v) is 6.96. The van der Waals surface area contributed by atoms with Gasteiger partial charge < -0.3 is 4.74 Å². The summed E-state index contributed by atoms with van der Waals surface area (Å²) in [5.41, 5.74) is 0. The van der Waals surface area contributed by atoms with Crippen LogP contribution in [0.5, 0.6) is 0 Å². The van der Waals surface area contributed by atoms with Crippen LogP contribution in [0.25, 0.3) is 0 Å². The van der Waals surface area contributed by atoms with E-state index in [4.69, 9.17) is 11.6 Å². The standard InChI is InChI=1S/C11H20ClNO4S/c1-9(7-12)8-18(15,16)13-6-4-3-5-10(13)11(14)17-2/h9-10H,3-8H2,1-2H3. The molecule has 0 saturated carbocycles. The van der Waals surface area contributed by atoms with Gasteiger partial charge in [0.2, 0.25) is 10.0 Å². The zero-order chi connectivity index (χ0) is 13.8. The third-order valence-corrected chi connectivity index (χ3v) is 5.71. The number of esters is 1. The van der Waals surface area contributed by atoms with Crippen LogP contribution in [0.3, 0.4) is 0 Å². The molecule has 1 fully saturated rings. The van der Waals surface area contributed by atoms with Crippen LogP contribution in [0, 0.1) is 5.92 Å². The molecule has 1 rings (SSSR count). The minimum absolute atomic E-state index is 0.0238. The van der Waals surface area contributed by atoms with Crippen LogP contribution < -0.4 is 0 Å². The molecule has 1 aliphatic rings. The number of hydrogen-bond donors (Lipinski definition) is 0. The highest BCUT2D eigenvalue weighted by atomic mass is 35.5. The first-order chi connectivity index (χ1) is 8.42. The number of sulfonamides is 1. The number of piperidine rings is 1. The summed E-state index contributed by atoms with van der Waals surface area (Å²) >= 11 is 5.65. The van der Waals surface area contributed by atoms with E-state index in [0.29, 0.717) is 13.0 Å². The van der Waals surface area contributed by atoms with Gasteiger partial charge in [0.1, 0.15) is 6.04 Å². The Balaban J connectivity index is 2.85. The summed E-state index contributed by atoms with van der Waals surface area (Å²) < 4.78 is 30.4. The molecule has 0 aliphatic carbocycles. The predicted octanol–water partition coefficient (Wildman–Crippen LogP) is 1.22. The van der Waals surface area contributed by atoms with E-state index in [1.54, 1.807) is 6.92 Å². The lowest BCUT2D eigenvalue weighted by atomic mass is 10.1. The third kappa shape index (κ3) is 3.83. The Morgan fingerprint density at radius 1 is 1.50 bits per heavy atom. The fourth-order valence-corrected chi connectivity index (χ4v) is 4.36. The zero-order valence-electron chi connectivity index (χ0n) is 10.8. The largest absolute Gasteiger partial charge is 0.468 e. The molecular formula is C11H20ClNO4S. The van der Waals surface area contributed by atoms with Crippen LogP contribution in [0.2, 0.25) is 0 Å². The van der Waals surface area contributed by atoms with E-state index in [1.165, 1.54) is 11.4 Å². The molecule has 0 radical (unpaired) electrons. The van der Waals surface area contributed by atoms with Gasteiger partial charge in [-0.05, 0) is 25.2 Å². The summed E-state index contributed by atoms with van der Waals surface area (Å²) in [5.74, 6) is -0.339. The molecule has 0 aromatic rings. The summed E-state index contributed by atoms with van der Waals surface area (Å²) in [6, 6.07) is -0.670. The lowest BCUT2D eigenvalue weighted by Crippen LogP contribution is -2.49. The maximum atomic E-state index is 12.2. The molecule has 0 N–H and O–H groups in total. The molecule has 1 aliphatic heterocycles. The summed E-state index contributed by atoms with van der Waals surface area (Å²) in [4.78, 5) is 11.6. The molecule has 0 aromatic carbocycles. The number of nitrogens with zero attached hydrogens (tertiary/aromatic N) is 1. The van der Waals surface area contributed by atoms with E-state index in [1.807, 2.05) is 0 Å². The average molecular weight is 298 g/mol. The molecule has 0 aromatic heterocycles. The topological polar surface area (TPSA) is 63.7 Å². The first-order valence-corrected chi connectivity index (χ1v) is 8.20. The number of halogens is 1. The number of hydrogen-bond acceptors (Lipinski definition) is 4. The molecule has 5 nitrogen and oxygen atoms in total. The minimum Gasteiger partial charge on any atom is -0.468 e. The van der Waals surface area contributed by atoms with Crippen LogP contribution >= 0.6 is 11.6 Å². The molecule has 0 bridgehead atoms. The molecule has 2 unspecified atom stereocenters. The second kappa shape index (κ2) is 6.73. The number of alkyl halides is 1. The van der Waals surface area contributed by atoms with Gasteiger partial charge in [0.05, 0.1) is 12.9 Å². The van der Waals surface area contributed by atoms with Crippen molar-refractivity contribution in [3.8, 4) is 0 Å². The summed E-state index contributed by atoms with van der Waals surface area (Å²) in [6.45, 7) is 2.17. The summed E-state index contributed by atoms with van der Waals surface area (Å²) in [6.07, 6.45) is 2.15. The molecular weight excluding hydrogens is 278 g/mol. The summed E-state index contributed by atoms with van der Waals surface area (Å²) in [7, 11) is -2.17. The van der Waals surface area contributed by atoms with Crippen molar-refractivity contribution in [3.05, 3.63) is 0 Å². The van der Waals surface area contributed by atoms with Gasteiger partial charge in [0.25, 0.3) is 0 Å². The smallest absolute Gasteiger partial charge is 0.324 e. The Labute approximate surface area is 113 Å². The fourth-order valence-electron chi connectivity index (χ4n) is 2.11. The maximum Gasteiger partial charge on any atom is 0.324 e. The fraction of sp³-hybridized carbons (Fsp3) is 0.909. The number of ether oxygens (including phenoxy) is 1. The van der Waals surface area contributed by atoms with E-state index < -0.39 is 22.0 Å². The Hall–Kier alpha value is -0.330. The van der Waals surface area contributed by atoms with Gasteiger partial charge in [-0.2, -0.15) is 4.31 Å². The maximum absolute atomic E-state index is 12.2. The molecule has 0 amide bonds. The van der Waals surface area contributed by atoms with Crippen molar-refractivity contribution in [1.82, 2.24) is 4.31 Å². The van der Waals surface area contributed by atoms with Crippen LogP contribution in [-0.4, -0.2) is 50.0 Å². The number of carbonyl (C=O) groups excluding carboxylic acids is 1. The minimum atomic E-state index is -3.45. The highest BCUT2D eigenvalue weighted by molar-refractivity contribution is 7.89. The van der Waals surface area contributed by atoms with Crippen molar-refractivity contribution in [3.63, 3.8) is 0 Å². The summed E-state index contributed by atoms with van der Waals surface area (Å²) in [5, 5.41) is 0. The molecule has 7 heteroatoms. The van der Waals surface area contributed by atoms with Crippen molar-refractivity contribution in [2.24, 2.45) is 5.92 Å². The first kappa shape index (κ1) is 15.7. The van der Waals surface area contributed by atoms with Gasteiger partial charge in [-0.1, -0.05) is 6.92 Å². The predicted molar refractivity (Wildman–Crippen MR) is 70.0 cm³/mol. The van der Waals surface area contributed by atoms with E-state index in [0.717, 1.165) is 12.8 Å². The van der Waals surface area contributed by atoms with Crippen LogP contribution in [0.1, 0.15) is 26.2 Å². The number of methoxy groups -OCH3 is 1. The van der Waals surface area contributed by atoms with E-state index >= 15 is 0 Å². The highest BCUT2D eigenvalue weighted by Crippen LogP contribution is 2.23. The second-order valence-electron chi connectivity index (χ2n) is 4.68. The molecule has 106 valence electrons. The Kier molecular flexibility index (Phi) is 5.88. The molecule has 1 heterocycles. The molecule has 0 spiro atoms. The van der Waals surface area contributed by atoms with Gasteiger partial charge in [-0.25, -0.2) is 8.42 Å². The number of rotatable bonds is 5. The number of carbonyl (C=O) groups is 1. The van der Waals surface area contributed by atoms with Crippen molar-refractivity contribution in [2.45, 2.75) is 32.2 Å². The molecule has 1 saturated heterocycles. The highest BCUT2D eigenvalue weighted by Gasteiger charge is 2.37. The van der Waals surface area contributed by atoms with Crippen molar-refractivity contribution >= 4 is 27.6 Å². The first-order valence-electron chi connectivity index (χ1n) is 6.05. The Morgan fingerprint density at radius 3 is 2.72 bits per heavy atom. The van der Waals surface area contributed by atoms with Crippen LogP contribution in [0.4, 0.5) is 0 Å². The van der Waals surface area contributed by atoms with Gasteiger partial charge >= 0.3 is 5.97 Å². The third-order valence-electron chi connectivity index (χ3n) is 3.04. The van der Waals surface area contributed by atoms with Crippen molar-refractivity contribution in [2.75, 3.05) is 25.3 Å². The lowest BCUT2D eigenvalue weighted by Gasteiger charge is -2.33. The van der Waals surface area contributed by atoms with E-state index in [-0.39, 0.29) is 17.6 Å². The van der Waals surface area contributed by atoms with Gasteiger partial charge in [-0.3, -0.25) is 4.79 Å². The zero-order valence-corrected chi connectivity index (χ0v) is 12.3. The molecule has 18 heavy (non-hydrogen) atoms. The average Bonchev–Trinajstić information content (AvgIpc) is 2.37. The SMILES string of the molecule is COC(=O)C1CCCCN1S(=O)(=O)CC(C)CCl. The Bertz CT molecular complexity index is 385. The Morgan fingerprint density at radius 2 is 2.17 bits per heavy atom.